The van der Waals surface area contributed by atoms with Crippen LogP contribution in [-0.4, -0.2) is 46.4 Å². The van der Waals surface area contributed by atoms with Gasteiger partial charge >= 0.3 is 18.7 Å². The van der Waals surface area contributed by atoms with Gasteiger partial charge in [-0.15, -0.1) is 0 Å². The van der Waals surface area contributed by atoms with E-state index in [2.05, 4.69) is 14.7 Å². The second-order valence-electron chi connectivity index (χ2n) is 7.30. The fourth-order valence-corrected chi connectivity index (χ4v) is 3.03. The van der Waals surface area contributed by atoms with E-state index in [1.54, 1.807) is 18.2 Å². The van der Waals surface area contributed by atoms with Gasteiger partial charge in [0.2, 0.25) is 11.8 Å². The van der Waals surface area contributed by atoms with Crippen LogP contribution in [0.4, 0.5) is 36.7 Å². The lowest BCUT2D eigenvalue weighted by atomic mass is 10.2. The maximum absolute atomic E-state index is 13.3. The number of benzene rings is 2. The Labute approximate surface area is 204 Å². The van der Waals surface area contributed by atoms with E-state index in [0.29, 0.717) is 5.02 Å². The Morgan fingerprint density at radius 1 is 0.972 bits per heavy atom. The van der Waals surface area contributed by atoms with E-state index in [1.165, 1.54) is 30.5 Å². The van der Waals surface area contributed by atoms with E-state index >= 15 is 0 Å². The Kier molecular flexibility index (Phi) is 8.46. The number of rotatable bonds is 10. The lowest BCUT2D eigenvalue weighted by molar-refractivity contribution is -0.253. The van der Waals surface area contributed by atoms with Crippen LogP contribution >= 0.6 is 11.6 Å². The number of aromatic nitrogens is 2. The van der Waals surface area contributed by atoms with Crippen LogP contribution in [0.3, 0.4) is 0 Å². The molecule has 0 amide bonds. The summed E-state index contributed by atoms with van der Waals surface area (Å²) in [5, 5.41) is 9.98. The maximum atomic E-state index is 13.3. The summed E-state index contributed by atoms with van der Waals surface area (Å²) < 4.78 is 100. The molecule has 1 aromatic heterocycles. The fraction of sp³-hybridized carbons (Fsp3) is 0.273. The van der Waals surface area contributed by atoms with Gasteiger partial charge in [-0.25, -0.2) is 4.98 Å². The van der Waals surface area contributed by atoms with Gasteiger partial charge in [-0.2, -0.15) is 35.7 Å². The van der Waals surface area contributed by atoms with Crippen molar-refractivity contribution < 1.29 is 45.3 Å². The quantitative estimate of drug-likeness (QED) is 0.315. The van der Waals surface area contributed by atoms with E-state index in [0.717, 1.165) is 17.0 Å². The van der Waals surface area contributed by atoms with Crippen LogP contribution in [0.1, 0.15) is 5.56 Å². The number of alkyl halides is 7. The average Bonchev–Trinajstić information content (AvgIpc) is 2.78. The van der Waals surface area contributed by atoms with Crippen LogP contribution < -0.4 is 14.4 Å². The SMILES string of the molecule is O[C@H](CN(Cc1cccc(OC(F)(F)C(F)F)c1)c1nccc(Oc2cccc(Cl)c2)n1)C(F)(F)F. The lowest BCUT2D eigenvalue weighted by Crippen LogP contribution is -2.41. The van der Waals surface area contributed by atoms with E-state index < -0.39 is 43.7 Å². The molecule has 0 radical (unpaired) electrons. The van der Waals surface area contributed by atoms with Gasteiger partial charge in [-0.1, -0.05) is 29.8 Å². The normalized spacial score (nSPS) is 12.9. The van der Waals surface area contributed by atoms with Crippen molar-refractivity contribution in [3.8, 4) is 17.4 Å². The number of halogens is 8. The minimum atomic E-state index is -4.99. The highest BCUT2D eigenvalue weighted by Gasteiger charge is 2.44. The summed E-state index contributed by atoms with van der Waals surface area (Å²) in [5.74, 6) is -0.739. The zero-order chi connectivity index (χ0) is 26.5. The van der Waals surface area contributed by atoms with Gasteiger partial charge in [0.15, 0.2) is 6.10 Å². The van der Waals surface area contributed by atoms with Crippen LogP contribution in [0.2, 0.25) is 5.02 Å². The van der Waals surface area contributed by atoms with Crippen LogP contribution in [0.25, 0.3) is 0 Å². The number of anilines is 1. The zero-order valence-corrected chi connectivity index (χ0v) is 18.7. The summed E-state index contributed by atoms with van der Waals surface area (Å²) in [7, 11) is 0. The minimum absolute atomic E-state index is 0.0672. The highest BCUT2D eigenvalue weighted by molar-refractivity contribution is 6.30. The van der Waals surface area contributed by atoms with Gasteiger partial charge in [-0.05, 0) is 35.9 Å². The highest BCUT2D eigenvalue weighted by atomic mass is 35.5. The van der Waals surface area contributed by atoms with Gasteiger partial charge in [0, 0.05) is 23.8 Å². The van der Waals surface area contributed by atoms with E-state index in [1.807, 2.05) is 0 Å². The Hall–Kier alpha value is -3.32. The number of ether oxygens (including phenoxy) is 2. The monoisotopic (exact) mass is 539 g/mol. The largest absolute Gasteiger partial charge is 0.461 e. The van der Waals surface area contributed by atoms with Gasteiger partial charge < -0.3 is 19.5 Å². The molecular weight excluding hydrogens is 523 g/mol. The lowest BCUT2D eigenvalue weighted by Gasteiger charge is -2.27. The van der Waals surface area contributed by atoms with E-state index in [9.17, 15) is 35.8 Å². The van der Waals surface area contributed by atoms with Gasteiger partial charge in [0.05, 0.1) is 6.54 Å². The maximum Gasteiger partial charge on any atom is 0.461 e. The van der Waals surface area contributed by atoms with Crippen molar-refractivity contribution in [1.82, 2.24) is 9.97 Å². The molecule has 3 rings (SSSR count). The number of nitrogens with zero attached hydrogens (tertiary/aromatic N) is 3. The summed E-state index contributed by atoms with van der Waals surface area (Å²) >= 11 is 5.90. The molecule has 14 heteroatoms. The molecule has 0 aliphatic carbocycles. The van der Waals surface area contributed by atoms with Crippen molar-refractivity contribution in [2.75, 3.05) is 11.4 Å². The number of hydrogen-bond donors (Lipinski definition) is 1. The van der Waals surface area contributed by atoms with Crippen molar-refractivity contribution >= 4 is 17.5 Å². The summed E-state index contributed by atoms with van der Waals surface area (Å²) in [4.78, 5) is 8.88. The number of aliphatic hydroxyl groups excluding tert-OH is 1. The number of hydrogen-bond acceptors (Lipinski definition) is 6. The molecule has 0 fully saturated rings. The standard InChI is InChI=1S/C22H17ClF7N3O3/c23-14-4-2-5-15(10-14)35-18-7-8-31-20(32-18)33(12-17(34)21(26,27)28)11-13-3-1-6-16(9-13)36-22(29,30)19(24)25/h1-10,17,19,34H,11-12H2/t17-/m1/s1. The fourth-order valence-electron chi connectivity index (χ4n) is 2.85. The Balaban J connectivity index is 1.88. The minimum Gasteiger partial charge on any atom is -0.439 e. The summed E-state index contributed by atoms with van der Waals surface area (Å²) in [6.45, 7) is -1.48. The molecule has 1 atom stereocenters. The first-order valence-electron chi connectivity index (χ1n) is 10.0. The second-order valence-corrected chi connectivity index (χ2v) is 7.74. The van der Waals surface area contributed by atoms with E-state index in [4.69, 9.17) is 16.3 Å². The first kappa shape index (κ1) is 27.3. The molecule has 1 heterocycles. The third-order valence-corrected chi connectivity index (χ3v) is 4.70. The summed E-state index contributed by atoms with van der Waals surface area (Å²) in [6, 6.07) is 12.0. The molecule has 36 heavy (non-hydrogen) atoms. The van der Waals surface area contributed by atoms with Crippen molar-refractivity contribution in [3.63, 3.8) is 0 Å². The van der Waals surface area contributed by atoms with Crippen molar-refractivity contribution in [2.45, 2.75) is 31.4 Å². The molecule has 0 saturated carbocycles. The highest BCUT2D eigenvalue weighted by Crippen LogP contribution is 2.30. The molecule has 2 aromatic carbocycles. The predicted molar refractivity (Wildman–Crippen MR) is 115 cm³/mol. The number of aliphatic hydroxyl groups is 1. The Morgan fingerprint density at radius 3 is 2.33 bits per heavy atom. The van der Waals surface area contributed by atoms with Crippen molar-refractivity contribution in [3.05, 3.63) is 71.4 Å². The third kappa shape index (κ3) is 7.59. The molecule has 0 unspecified atom stereocenters. The smallest absolute Gasteiger partial charge is 0.439 e. The van der Waals surface area contributed by atoms with Gasteiger partial charge in [0.25, 0.3) is 0 Å². The topological polar surface area (TPSA) is 67.7 Å². The Morgan fingerprint density at radius 2 is 1.67 bits per heavy atom. The van der Waals surface area contributed by atoms with Gasteiger partial charge in [-0.3, -0.25) is 0 Å². The predicted octanol–water partition coefficient (Wildman–Crippen LogP) is 6.09. The molecule has 0 aliphatic heterocycles. The second kappa shape index (κ2) is 11.2. The van der Waals surface area contributed by atoms with Gasteiger partial charge in [0.1, 0.15) is 11.5 Å². The summed E-state index contributed by atoms with van der Waals surface area (Å²) in [5.41, 5.74) is 0.0803. The molecule has 1 N–H and O–H groups in total. The molecular formula is C22H17ClF7N3O3. The first-order chi connectivity index (χ1) is 16.8. The first-order valence-corrected chi connectivity index (χ1v) is 10.4. The van der Waals surface area contributed by atoms with E-state index in [-0.39, 0.29) is 23.1 Å². The van der Waals surface area contributed by atoms with Crippen molar-refractivity contribution in [1.29, 1.82) is 0 Å². The molecule has 0 saturated heterocycles. The molecule has 194 valence electrons. The molecule has 6 nitrogen and oxygen atoms in total. The van der Waals surface area contributed by atoms with Crippen LogP contribution in [-0.2, 0) is 6.54 Å². The average molecular weight is 540 g/mol. The van der Waals surface area contributed by atoms with Crippen LogP contribution in [0.15, 0.2) is 60.8 Å². The molecule has 0 aliphatic rings. The Bertz CT molecular complexity index is 1170. The molecule has 3 aromatic rings. The zero-order valence-electron chi connectivity index (χ0n) is 18.0. The molecule has 0 spiro atoms. The third-order valence-electron chi connectivity index (χ3n) is 4.47. The van der Waals surface area contributed by atoms with Crippen LogP contribution in [0.5, 0.6) is 17.4 Å². The molecule has 0 bridgehead atoms. The van der Waals surface area contributed by atoms with Crippen LogP contribution in [0, 0.1) is 0 Å². The van der Waals surface area contributed by atoms with Crippen molar-refractivity contribution in [2.24, 2.45) is 0 Å². The summed E-state index contributed by atoms with van der Waals surface area (Å²) in [6.07, 6.45) is -15.5.